The van der Waals surface area contributed by atoms with Crippen molar-refractivity contribution in [2.45, 2.75) is 32.8 Å². The van der Waals surface area contributed by atoms with Gasteiger partial charge in [-0.2, -0.15) is 0 Å². The predicted octanol–water partition coefficient (Wildman–Crippen LogP) is 3.40. The average Bonchev–Trinajstić information content (AvgIpc) is 3.05. The van der Waals surface area contributed by atoms with Crippen LogP contribution in [0.25, 0.3) is 0 Å². The lowest BCUT2D eigenvalue weighted by Gasteiger charge is -2.15. The molecule has 0 radical (unpaired) electrons. The second kappa shape index (κ2) is 7.49. The maximum atomic E-state index is 5.92. The lowest BCUT2D eigenvalue weighted by Crippen LogP contribution is -2.16. The van der Waals surface area contributed by atoms with Crippen molar-refractivity contribution in [3.05, 3.63) is 35.8 Å². The zero-order valence-corrected chi connectivity index (χ0v) is 14.3. The number of aryl methyl sites for hydroxylation is 2. The summed E-state index contributed by atoms with van der Waals surface area (Å²) in [4.78, 5) is 8.68. The Morgan fingerprint density at radius 1 is 1.21 bits per heavy atom. The van der Waals surface area contributed by atoms with E-state index in [1.165, 1.54) is 0 Å². The number of aromatic nitrogens is 2. The van der Waals surface area contributed by atoms with Crippen molar-refractivity contribution in [3.8, 4) is 11.5 Å². The fraction of sp³-hybridized carbons (Fsp3) is 0.444. The van der Waals surface area contributed by atoms with Gasteiger partial charge < -0.3 is 19.5 Å². The van der Waals surface area contributed by atoms with Crippen molar-refractivity contribution in [3.63, 3.8) is 0 Å². The maximum Gasteiger partial charge on any atom is 0.163 e. The SMILES string of the molecule is COc1ccc(Nc2cc(C)nc(C)n2)cc1OCC1CCCO1. The molecule has 1 fully saturated rings. The number of methoxy groups -OCH3 is 1. The highest BCUT2D eigenvalue weighted by atomic mass is 16.5. The smallest absolute Gasteiger partial charge is 0.163 e. The lowest BCUT2D eigenvalue weighted by atomic mass is 10.2. The van der Waals surface area contributed by atoms with Crippen LogP contribution < -0.4 is 14.8 Å². The fourth-order valence-electron chi connectivity index (χ4n) is 2.75. The number of ether oxygens (including phenoxy) is 3. The number of benzene rings is 1. The van der Waals surface area contributed by atoms with Crippen molar-refractivity contribution in [2.24, 2.45) is 0 Å². The van der Waals surface area contributed by atoms with Crippen LogP contribution in [-0.2, 0) is 4.74 Å². The van der Waals surface area contributed by atoms with Crippen molar-refractivity contribution in [1.82, 2.24) is 9.97 Å². The quantitative estimate of drug-likeness (QED) is 0.876. The highest BCUT2D eigenvalue weighted by Crippen LogP contribution is 2.32. The summed E-state index contributed by atoms with van der Waals surface area (Å²) in [6, 6.07) is 7.64. The summed E-state index contributed by atoms with van der Waals surface area (Å²) in [5.74, 6) is 2.89. The minimum atomic E-state index is 0.165. The molecule has 1 aromatic carbocycles. The summed E-state index contributed by atoms with van der Waals surface area (Å²) in [7, 11) is 1.64. The summed E-state index contributed by atoms with van der Waals surface area (Å²) in [5, 5.41) is 3.29. The summed E-state index contributed by atoms with van der Waals surface area (Å²) in [5.41, 5.74) is 1.81. The zero-order valence-electron chi connectivity index (χ0n) is 14.3. The van der Waals surface area contributed by atoms with Gasteiger partial charge in [0, 0.05) is 30.1 Å². The Kier molecular flexibility index (Phi) is 5.15. The van der Waals surface area contributed by atoms with E-state index < -0.39 is 0 Å². The third-order valence-corrected chi connectivity index (χ3v) is 3.85. The molecular formula is C18H23N3O3. The van der Waals surface area contributed by atoms with Crippen molar-refractivity contribution in [1.29, 1.82) is 0 Å². The molecule has 1 N–H and O–H groups in total. The average molecular weight is 329 g/mol. The molecule has 1 unspecified atom stereocenters. The normalized spacial score (nSPS) is 16.9. The van der Waals surface area contributed by atoms with Gasteiger partial charge in [0.1, 0.15) is 18.2 Å². The highest BCUT2D eigenvalue weighted by molar-refractivity contribution is 5.61. The van der Waals surface area contributed by atoms with Crippen molar-refractivity contribution < 1.29 is 14.2 Å². The van der Waals surface area contributed by atoms with Gasteiger partial charge >= 0.3 is 0 Å². The lowest BCUT2D eigenvalue weighted by molar-refractivity contribution is 0.0670. The number of hydrogen-bond acceptors (Lipinski definition) is 6. The minimum absolute atomic E-state index is 0.165. The van der Waals surface area contributed by atoms with Crippen LogP contribution in [0.3, 0.4) is 0 Å². The van der Waals surface area contributed by atoms with Gasteiger partial charge in [0.25, 0.3) is 0 Å². The second-order valence-electron chi connectivity index (χ2n) is 5.88. The van der Waals surface area contributed by atoms with E-state index in [1.54, 1.807) is 7.11 Å². The van der Waals surface area contributed by atoms with Gasteiger partial charge in [-0.05, 0) is 38.8 Å². The third kappa shape index (κ3) is 4.14. The van der Waals surface area contributed by atoms with Crippen LogP contribution in [-0.4, -0.2) is 36.4 Å². The van der Waals surface area contributed by atoms with E-state index in [2.05, 4.69) is 15.3 Å². The Morgan fingerprint density at radius 2 is 2.08 bits per heavy atom. The number of nitrogens with zero attached hydrogens (tertiary/aromatic N) is 2. The molecule has 0 amide bonds. The molecule has 1 aliphatic rings. The summed E-state index contributed by atoms with van der Waals surface area (Å²) < 4.78 is 16.9. The first-order valence-electron chi connectivity index (χ1n) is 8.16. The monoisotopic (exact) mass is 329 g/mol. The van der Waals surface area contributed by atoms with Gasteiger partial charge in [0.05, 0.1) is 13.2 Å². The van der Waals surface area contributed by atoms with Gasteiger partial charge in [-0.25, -0.2) is 9.97 Å². The van der Waals surface area contributed by atoms with Gasteiger partial charge in [0.2, 0.25) is 0 Å². The standard InChI is InChI=1S/C18H23N3O3/c1-12-9-18(20-13(2)19-12)21-14-6-7-16(22-3)17(10-14)24-11-15-5-4-8-23-15/h6-7,9-10,15H,4-5,8,11H2,1-3H3,(H,19,20,21). The van der Waals surface area contributed by atoms with Gasteiger partial charge in [0.15, 0.2) is 11.5 Å². The van der Waals surface area contributed by atoms with E-state index in [9.17, 15) is 0 Å². The van der Waals surface area contributed by atoms with E-state index in [-0.39, 0.29) is 6.10 Å². The Balaban J connectivity index is 1.74. The van der Waals surface area contributed by atoms with Gasteiger partial charge in [-0.3, -0.25) is 0 Å². The first kappa shape index (κ1) is 16.5. The molecule has 0 saturated carbocycles. The zero-order chi connectivity index (χ0) is 16.9. The van der Waals surface area contributed by atoms with E-state index >= 15 is 0 Å². The van der Waals surface area contributed by atoms with E-state index in [0.717, 1.165) is 42.5 Å². The number of hydrogen-bond donors (Lipinski definition) is 1. The Hall–Kier alpha value is -2.34. The molecule has 0 aliphatic carbocycles. The Bertz CT molecular complexity index is 680. The molecule has 2 heterocycles. The van der Waals surface area contributed by atoms with Crippen LogP contribution in [0.2, 0.25) is 0 Å². The third-order valence-electron chi connectivity index (χ3n) is 3.85. The first-order chi connectivity index (χ1) is 11.6. The predicted molar refractivity (Wildman–Crippen MR) is 92.3 cm³/mol. The van der Waals surface area contributed by atoms with Crippen LogP contribution in [0, 0.1) is 13.8 Å². The molecule has 1 aliphatic heterocycles. The van der Waals surface area contributed by atoms with E-state index in [1.807, 2.05) is 38.1 Å². The Labute approximate surface area is 142 Å². The minimum Gasteiger partial charge on any atom is -0.493 e. The molecule has 0 bridgehead atoms. The van der Waals surface area contributed by atoms with E-state index in [0.29, 0.717) is 18.1 Å². The number of anilines is 2. The topological polar surface area (TPSA) is 65.5 Å². The molecule has 0 spiro atoms. The van der Waals surface area contributed by atoms with Gasteiger partial charge in [-0.15, -0.1) is 0 Å². The Morgan fingerprint density at radius 3 is 2.79 bits per heavy atom. The molecule has 1 aromatic heterocycles. The molecule has 3 rings (SSSR count). The summed E-state index contributed by atoms with van der Waals surface area (Å²) >= 11 is 0. The number of nitrogens with one attached hydrogen (secondary N) is 1. The molecule has 128 valence electrons. The summed E-state index contributed by atoms with van der Waals surface area (Å²) in [6.45, 7) is 5.18. The molecule has 1 saturated heterocycles. The molecule has 2 aromatic rings. The highest BCUT2D eigenvalue weighted by Gasteiger charge is 2.17. The maximum absolute atomic E-state index is 5.92. The molecule has 1 atom stereocenters. The molecular weight excluding hydrogens is 306 g/mol. The van der Waals surface area contributed by atoms with E-state index in [4.69, 9.17) is 14.2 Å². The second-order valence-corrected chi connectivity index (χ2v) is 5.88. The molecule has 6 nitrogen and oxygen atoms in total. The van der Waals surface area contributed by atoms with Crippen LogP contribution in [0.15, 0.2) is 24.3 Å². The van der Waals surface area contributed by atoms with Crippen molar-refractivity contribution in [2.75, 3.05) is 25.6 Å². The first-order valence-corrected chi connectivity index (χ1v) is 8.16. The molecule has 6 heteroatoms. The largest absolute Gasteiger partial charge is 0.493 e. The van der Waals surface area contributed by atoms with Crippen molar-refractivity contribution >= 4 is 11.5 Å². The van der Waals surface area contributed by atoms with Crippen LogP contribution in [0.1, 0.15) is 24.4 Å². The van der Waals surface area contributed by atoms with Crippen LogP contribution in [0.5, 0.6) is 11.5 Å². The number of rotatable bonds is 6. The summed E-state index contributed by atoms with van der Waals surface area (Å²) in [6.07, 6.45) is 2.30. The molecule has 24 heavy (non-hydrogen) atoms. The van der Waals surface area contributed by atoms with Gasteiger partial charge in [-0.1, -0.05) is 0 Å². The van der Waals surface area contributed by atoms with Crippen LogP contribution in [0.4, 0.5) is 11.5 Å². The van der Waals surface area contributed by atoms with Crippen LogP contribution >= 0.6 is 0 Å². The fourth-order valence-corrected chi connectivity index (χ4v) is 2.75.